The smallest absolute Gasteiger partial charge is 0.315 e. The van der Waals surface area contributed by atoms with Crippen LogP contribution in [-0.4, -0.2) is 50.3 Å². The van der Waals surface area contributed by atoms with Crippen LogP contribution in [0, 0.1) is 11.6 Å². The average Bonchev–Trinajstić information content (AvgIpc) is 2.58. The first kappa shape index (κ1) is 18.6. The number of urea groups is 1. The van der Waals surface area contributed by atoms with Crippen LogP contribution in [0.25, 0.3) is 0 Å². The Morgan fingerprint density at radius 2 is 2.04 bits per heavy atom. The van der Waals surface area contributed by atoms with Crippen LogP contribution in [-0.2, 0) is 4.74 Å². The molecule has 134 valence electrons. The van der Waals surface area contributed by atoms with Crippen LogP contribution in [0.1, 0.15) is 31.4 Å². The minimum atomic E-state index is -0.916. The predicted octanol–water partition coefficient (Wildman–Crippen LogP) is 2.44. The van der Waals surface area contributed by atoms with Gasteiger partial charge in [0.1, 0.15) is 0 Å². The van der Waals surface area contributed by atoms with Gasteiger partial charge in [0.15, 0.2) is 11.6 Å². The van der Waals surface area contributed by atoms with Gasteiger partial charge < -0.3 is 20.3 Å². The largest absolute Gasteiger partial charge is 0.381 e. The number of nitrogens with zero attached hydrogens (tertiary/aromatic N) is 1. The molecule has 1 aliphatic heterocycles. The number of methoxy groups -OCH3 is 1. The van der Waals surface area contributed by atoms with Gasteiger partial charge in [0.2, 0.25) is 0 Å². The summed E-state index contributed by atoms with van der Waals surface area (Å²) in [4.78, 5) is 14.2. The van der Waals surface area contributed by atoms with E-state index < -0.39 is 17.7 Å². The molecule has 1 aromatic rings. The van der Waals surface area contributed by atoms with Crippen molar-refractivity contribution in [1.29, 1.82) is 0 Å². The number of rotatable bonds is 6. The van der Waals surface area contributed by atoms with Gasteiger partial charge in [0.05, 0.1) is 12.1 Å². The summed E-state index contributed by atoms with van der Waals surface area (Å²) in [7, 11) is 1.74. The highest BCUT2D eigenvalue weighted by atomic mass is 19.2. The van der Waals surface area contributed by atoms with E-state index in [4.69, 9.17) is 4.74 Å². The topological polar surface area (TPSA) is 53.6 Å². The van der Waals surface area contributed by atoms with E-state index in [-0.39, 0.29) is 6.03 Å². The lowest BCUT2D eigenvalue weighted by Crippen LogP contribution is -2.44. The van der Waals surface area contributed by atoms with Gasteiger partial charge in [-0.2, -0.15) is 0 Å². The van der Waals surface area contributed by atoms with Gasteiger partial charge in [-0.1, -0.05) is 6.07 Å². The highest BCUT2D eigenvalue weighted by molar-refractivity contribution is 5.74. The van der Waals surface area contributed by atoms with Gasteiger partial charge >= 0.3 is 6.03 Å². The quantitative estimate of drug-likeness (QED) is 0.836. The predicted molar refractivity (Wildman–Crippen MR) is 87.8 cm³/mol. The fourth-order valence-electron chi connectivity index (χ4n) is 2.81. The van der Waals surface area contributed by atoms with Crippen molar-refractivity contribution >= 4 is 6.03 Å². The molecule has 1 aliphatic rings. The van der Waals surface area contributed by atoms with Gasteiger partial charge in [-0.3, -0.25) is 0 Å². The minimum absolute atomic E-state index is 0.320. The molecule has 0 unspecified atom stereocenters. The summed E-state index contributed by atoms with van der Waals surface area (Å²) in [6, 6.07) is 2.89. The number of likely N-dealkylation sites (tertiary alicyclic amines) is 1. The molecule has 0 spiro atoms. The number of benzene rings is 1. The summed E-state index contributed by atoms with van der Waals surface area (Å²) >= 11 is 0. The number of hydrogen-bond acceptors (Lipinski definition) is 3. The van der Waals surface area contributed by atoms with E-state index in [1.54, 1.807) is 14.0 Å². The van der Waals surface area contributed by atoms with E-state index in [1.165, 1.54) is 6.07 Å². The molecule has 24 heavy (non-hydrogen) atoms. The van der Waals surface area contributed by atoms with Crippen molar-refractivity contribution in [2.24, 2.45) is 0 Å². The van der Waals surface area contributed by atoms with Crippen molar-refractivity contribution in [3.8, 4) is 0 Å². The Morgan fingerprint density at radius 1 is 1.33 bits per heavy atom. The second kappa shape index (κ2) is 8.94. The second-order valence-electron chi connectivity index (χ2n) is 6.07. The molecule has 1 aromatic carbocycles. The molecule has 1 atom stereocenters. The number of carbonyl (C=O) groups excluding carboxylic acids is 1. The summed E-state index contributed by atoms with van der Waals surface area (Å²) in [5, 5.41) is 5.51. The fraction of sp³-hybridized carbons (Fsp3) is 0.588. The summed E-state index contributed by atoms with van der Waals surface area (Å²) in [6.07, 6.45) is 2.36. The van der Waals surface area contributed by atoms with Gasteiger partial charge in [0, 0.05) is 33.3 Å². The number of nitrogens with one attached hydrogen (secondary N) is 2. The van der Waals surface area contributed by atoms with Crippen LogP contribution in [0.15, 0.2) is 18.2 Å². The standard InChI is InChI=1S/C17H25F2N3O2/c1-12(13-3-4-15(18)16(19)11-13)21-17(23)20-7-10-22-8-5-14(24-2)6-9-22/h3-4,11-12,14H,5-10H2,1-2H3,(H2,20,21,23)/t12-/m0/s1. The first-order valence-electron chi connectivity index (χ1n) is 8.24. The van der Waals surface area contributed by atoms with Crippen molar-refractivity contribution in [2.75, 3.05) is 33.3 Å². The monoisotopic (exact) mass is 341 g/mol. The number of hydrogen-bond donors (Lipinski definition) is 2. The molecule has 0 radical (unpaired) electrons. The Morgan fingerprint density at radius 3 is 2.67 bits per heavy atom. The number of carbonyl (C=O) groups is 1. The second-order valence-corrected chi connectivity index (χ2v) is 6.07. The lowest BCUT2D eigenvalue weighted by molar-refractivity contribution is 0.0416. The lowest BCUT2D eigenvalue weighted by atomic mass is 10.1. The number of ether oxygens (including phenoxy) is 1. The lowest BCUT2D eigenvalue weighted by Gasteiger charge is -2.31. The molecule has 0 saturated carbocycles. The Labute approximate surface area is 141 Å². The molecular weight excluding hydrogens is 316 g/mol. The molecule has 0 aromatic heterocycles. The van der Waals surface area contributed by atoms with Gasteiger partial charge in [-0.25, -0.2) is 13.6 Å². The summed E-state index contributed by atoms with van der Waals surface area (Å²) in [5.74, 6) is -1.81. The molecule has 2 amide bonds. The van der Waals surface area contributed by atoms with E-state index in [1.807, 2.05) is 0 Å². The molecule has 1 saturated heterocycles. The molecule has 1 heterocycles. The van der Waals surface area contributed by atoms with Crippen LogP contribution in [0.2, 0.25) is 0 Å². The van der Waals surface area contributed by atoms with Crippen molar-refractivity contribution in [2.45, 2.75) is 31.9 Å². The van der Waals surface area contributed by atoms with Crippen molar-refractivity contribution in [3.05, 3.63) is 35.4 Å². The van der Waals surface area contributed by atoms with Gasteiger partial charge in [0.25, 0.3) is 0 Å². The van der Waals surface area contributed by atoms with E-state index in [9.17, 15) is 13.6 Å². The molecule has 2 rings (SSSR count). The van der Waals surface area contributed by atoms with Crippen LogP contribution in [0.5, 0.6) is 0 Å². The van der Waals surface area contributed by atoms with Crippen LogP contribution in [0.3, 0.4) is 0 Å². The van der Waals surface area contributed by atoms with Crippen molar-refractivity contribution in [1.82, 2.24) is 15.5 Å². The third kappa shape index (κ3) is 5.42. The fourth-order valence-corrected chi connectivity index (χ4v) is 2.81. The molecular formula is C17H25F2N3O2. The molecule has 2 N–H and O–H groups in total. The first-order valence-corrected chi connectivity index (χ1v) is 8.24. The zero-order valence-electron chi connectivity index (χ0n) is 14.1. The first-order chi connectivity index (χ1) is 11.5. The highest BCUT2D eigenvalue weighted by Crippen LogP contribution is 2.16. The maximum Gasteiger partial charge on any atom is 0.315 e. The molecule has 7 heteroatoms. The third-order valence-corrected chi connectivity index (χ3v) is 4.37. The van der Waals surface area contributed by atoms with Crippen molar-refractivity contribution in [3.63, 3.8) is 0 Å². The molecule has 0 aliphatic carbocycles. The van der Waals surface area contributed by atoms with Crippen molar-refractivity contribution < 1.29 is 18.3 Å². The summed E-state index contributed by atoms with van der Waals surface area (Å²) in [5.41, 5.74) is 0.519. The SMILES string of the molecule is COC1CCN(CCNC(=O)N[C@@H](C)c2ccc(F)c(F)c2)CC1. The Kier molecular flexibility index (Phi) is 6.93. The molecule has 5 nitrogen and oxygen atoms in total. The average molecular weight is 341 g/mol. The minimum Gasteiger partial charge on any atom is -0.381 e. The Hall–Kier alpha value is -1.73. The Bertz CT molecular complexity index is 549. The summed E-state index contributed by atoms with van der Waals surface area (Å²) in [6.45, 7) is 4.97. The zero-order valence-corrected chi connectivity index (χ0v) is 14.1. The Balaban J connectivity index is 1.68. The number of amides is 2. The van der Waals surface area contributed by atoms with E-state index in [0.29, 0.717) is 18.2 Å². The molecule has 1 fully saturated rings. The normalized spacial score (nSPS) is 17.5. The van der Waals surface area contributed by atoms with E-state index in [0.717, 1.165) is 44.6 Å². The van der Waals surface area contributed by atoms with Gasteiger partial charge in [-0.15, -0.1) is 0 Å². The van der Waals surface area contributed by atoms with Gasteiger partial charge in [-0.05, 0) is 37.5 Å². The van der Waals surface area contributed by atoms with Crippen LogP contribution < -0.4 is 10.6 Å². The van der Waals surface area contributed by atoms with E-state index >= 15 is 0 Å². The highest BCUT2D eigenvalue weighted by Gasteiger charge is 2.18. The summed E-state index contributed by atoms with van der Waals surface area (Å²) < 4.78 is 31.5. The zero-order chi connectivity index (χ0) is 17.5. The maximum absolute atomic E-state index is 13.2. The number of halogens is 2. The molecule has 0 bridgehead atoms. The number of piperidine rings is 1. The van der Waals surface area contributed by atoms with Crippen LogP contribution >= 0.6 is 0 Å². The van der Waals surface area contributed by atoms with Crippen LogP contribution in [0.4, 0.5) is 13.6 Å². The van der Waals surface area contributed by atoms with E-state index in [2.05, 4.69) is 15.5 Å². The third-order valence-electron chi connectivity index (χ3n) is 4.37. The maximum atomic E-state index is 13.2.